The Morgan fingerprint density at radius 1 is 1.14 bits per heavy atom. The predicted octanol–water partition coefficient (Wildman–Crippen LogP) is 3.40. The van der Waals surface area contributed by atoms with Gasteiger partial charge in [-0.3, -0.25) is 10.1 Å². The Kier molecular flexibility index (Phi) is 5.96. The number of nitrogens with one attached hydrogen (secondary N) is 2. The summed E-state index contributed by atoms with van der Waals surface area (Å²) in [5, 5.41) is 15.1. The van der Waals surface area contributed by atoms with Crippen LogP contribution in [0.25, 0.3) is 10.8 Å². The molecule has 0 bridgehead atoms. The molecule has 3 heterocycles. The molecule has 9 nitrogen and oxygen atoms in total. The molecule has 3 amide bonds. The number of carbonyl (C=O) groups excluding carboxylic acids is 2. The van der Waals surface area contributed by atoms with Crippen LogP contribution in [0, 0.1) is 0 Å². The number of carbonyl (C=O) groups is 2. The van der Waals surface area contributed by atoms with Gasteiger partial charge < -0.3 is 19.2 Å². The van der Waals surface area contributed by atoms with Gasteiger partial charge in [-0.1, -0.05) is 17.8 Å². The number of fused-ring (bicyclic) bond motifs is 1. The molecule has 0 aliphatic carbocycles. The van der Waals surface area contributed by atoms with E-state index in [1.54, 1.807) is 18.2 Å². The van der Waals surface area contributed by atoms with E-state index in [2.05, 4.69) is 20.8 Å². The summed E-state index contributed by atoms with van der Waals surface area (Å²) in [6, 6.07) is 8.20. The molecule has 29 heavy (non-hydrogen) atoms. The van der Waals surface area contributed by atoms with Crippen molar-refractivity contribution in [3.63, 3.8) is 0 Å². The van der Waals surface area contributed by atoms with Crippen molar-refractivity contribution in [3.8, 4) is 22.3 Å². The molecular weight excluding hydrogens is 416 g/mol. The van der Waals surface area contributed by atoms with Crippen molar-refractivity contribution in [2.75, 3.05) is 24.3 Å². The number of hydrogen-bond acceptors (Lipinski definition) is 9. The molecule has 0 atom stereocenters. The lowest BCUT2D eigenvalue weighted by molar-refractivity contribution is -0.119. The normalized spacial score (nSPS) is 12.4. The van der Waals surface area contributed by atoms with Gasteiger partial charge in [-0.25, -0.2) is 4.79 Å². The van der Waals surface area contributed by atoms with Crippen molar-refractivity contribution in [1.82, 2.24) is 15.5 Å². The van der Waals surface area contributed by atoms with Crippen LogP contribution in [-0.4, -0.2) is 41.1 Å². The fourth-order valence-electron chi connectivity index (χ4n) is 2.47. The Balaban J connectivity index is 1.21. The molecule has 0 saturated heterocycles. The molecule has 11 heteroatoms. The fourth-order valence-corrected chi connectivity index (χ4v) is 3.81. The molecule has 0 fully saturated rings. The lowest BCUT2D eigenvalue weighted by atomic mass is 10.2. The highest BCUT2D eigenvalue weighted by Crippen LogP contribution is 2.32. The van der Waals surface area contributed by atoms with Gasteiger partial charge in [0.15, 0.2) is 11.5 Å². The van der Waals surface area contributed by atoms with Crippen LogP contribution in [0.5, 0.6) is 11.5 Å². The highest BCUT2D eigenvalue weighted by molar-refractivity contribution is 7.99. The quantitative estimate of drug-likeness (QED) is 0.570. The number of aromatic nitrogens is 2. The molecule has 0 spiro atoms. The van der Waals surface area contributed by atoms with Gasteiger partial charge in [0.05, 0.1) is 4.88 Å². The van der Waals surface area contributed by atoms with Gasteiger partial charge >= 0.3 is 6.03 Å². The van der Waals surface area contributed by atoms with E-state index < -0.39 is 11.9 Å². The molecule has 0 saturated carbocycles. The summed E-state index contributed by atoms with van der Waals surface area (Å²) in [5.74, 6) is 1.61. The smallest absolute Gasteiger partial charge is 0.325 e. The Bertz CT molecular complexity index is 1010. The Hall–Kier alpha value is -3.05. The molecule has 2 aromatic heterocycles. The summed E-state index contributed by atoms with van der Waals surface area (Å²) in [5.41, 5.74) is 0.501. The van der Waals surface area contributed by atoms with Gasteiger partial charge in [0, 0.05) is 23.9 Å². The first-order valence-corrected chi connectivity index (χ1v) is 10.5. The number of thioether (sulfide) groups is 1. The minimum atomic E-state index is -0.616. The van der Waals surface area contributed by atoms with Crippen LogP contribution < -0.4 is 20.1 Å². The molecular formula is C18H16N4O5S2. The van der Waals surface area contributed by atoms with E-state index in [4.69, 9.17) is 13.9 Å². The minimum Gasteiger partial charge on any atom is -0.486 e. The third-order valence-corrected chi connectivity index (χ3v) is 5.42. The Morgan fingerprint density at radius 3 is 2.83 bits per heavy atom. The van der Waals surface area contributed by atoms with Crippen LogP contribution >= 0.6 is 23.1 Å². The monoisotopic (exact) mass is 432 g/mol. The van der Waals surface area contributed by atoms with Crippen LogP contribution in [0.2, 0.25) is 0 Å². The van der Waals surface area contributed by atoms with Crippen molar-refractivity contribution in [3.05, 3.63) is 35.7 Å². The van der Waals surface area contributed by atoms with E-state index in [0.29, 0.717) is 47.3 Å². The number of amides is 3. The molecule has 0 unspecified atom stereocenters. The number of hydrogen-bond donors (Lipinski definition) is 2. The first-order chi connectivity index (χ1) is 14.2. The molecule has 1 aliphatic heterocycles. The van der Waals surface area contributed by atoms with Crippen LogP contribution in [0.1, 0.15) is 6.42 Å². The summed E-state index contributed by atoms with van der Waals surface area (Å²) in [7, 11) is 0. The van der Waals surface area contributed by atoms with Gasteiger partial charge in [0.1, 0.15) is 13.2 Å². The van der Waals surface area contributed by atoms with Gasteiger partial charge in [-0.2, -0.15) is 0 Å². The maximum atomic E-state index is 12.0. The third kappa shape index (κ3) is 5.06. The number of anilines is 1. The van der Waals surface area contributed by atoms with Gasteiger partial charge in [-0.15, -0.1) is 21.5 Å². The summed E-state index contributed by atoms with van der Waals surface area (Å²) in [4.78, 5) is 24.8. The molecule has 0 radical (unpaired) electrons. The molecule has 2 N–H and O–H groups in total. The largest absolute Gasteiger partial charge is 0.486 e. The van der Waals surface area contributed by atoms with Crippen LogP contribution in [0.15, 0.2) is 45.4 Å². The van der Waals surface area contributed by atoms with Crippen LogP contribution in [0.4, 0.5) is 10.5 Å². The van der Waals surface area contributed by atoms with E-state index in [-0.39, 0.29) is 6.42 Å². The molecule has 3 aromatic rings. The van der Waals surface area contributed by atoms with E-state index in [9.17, 15) is 9.59 Å². The zero-order valence-electron chi connectivity index (χ0n) is 15.0. The molecule has 1 aromatic carbocycles. The Morgan fingerprint density at radius 2 is 2.00 bits per heavy atom. The standard InChI is InChI=1S/C18H16N4O5S2/c23-15(5-9-29-18-22-21-16(27-18)14-2-1-8-28-14)20-17(24)19-11-3-4-12-13(10-11)26-7-6-25-12/h1-4,8,10H,5-7,9H2,(H2,19,20,23,24). The number of nitrogens with zero attached hydrogens (tertiary/aromatic N) is 2. The Labute approximate surface area is 173 Å². The lowest BCUT2D eigenvalue weighted by Gasteiger charge is -2.19. The number of urea groups is 1. The maximum absolute atomic E-state index is 12.0. The number of benzene rings is 1. The third-order valence-electron chi connectivity index (χ3n) is 3.75. The second kappa shape index (κ2) is 8.97. The van der Waals surface area contributed by atoms with Crippen LogP contribution in [0.3, 0.4) is 0 Å². The summed E-state index contributed by atoms with van der Waals surface area (Å²) in [6.07, 6.45) is 0.121. The molecule has 4 rings (SSSR count). The first kappa shape index (κ1) is 19.3. The second-order valence-electron chi connectivity index (χ2n) is 5.81. The van der Waals surface area contributed by atoms with E-state index in [1.165, 1.54) is 23.1 Å². The molecule has 150 valence electrons. The number of ether oxygens (including phenoxy) is 2. The number of thiophene rings is 1. The van der Waals surface area contributed by atoms with E-state index in [1.807, 2.05) is 17.5 Å². The van der Waals surface area contributed by atoms with Crippen molar-refractivity contribution in [1.29, 1.82) is 0 Å². The van der Waals surface area contributed by atoms with E-state index in [0.717, 1.165) is 4.88 Å². The maximum Gasteiger partial charge on any atom is 0.325 e. The van der Waals surface area contributed by atoms with Crippen molar-refractivity contribution < 1.29 is 23.5 Å². The lowest BCUT2D eigenvalue weighted by Crippen LogP contribution is -2.34. The minimum absolute atomic E-state index is 0.121. The van der Waals surface area contributed by atoms with Gasteiger partial charge in [-0.05, 0) is 23.6 Å². The van der Waals surface area contributed by atoms with Crippen molar-refractivity contribution >= 4 is 40.7 Å². The molecule has 1 aliphatic rings. The van der Waals surface area contributed by atoms with Gasteiger partial charge in [0.2, 0.25) is 5.91 Å². The SMILES string of the molecule is O=C(CCSc1nnc(-c2cccs2)o1)NC(=O)Nc1ccc2c(c1)OCCO2. The highest BCUT2D eigenvalue weighted by atomic mass is 32.2. The fraction of sp³-hybridized carbons (Fsp3) is 0.222. The zero-order chi connectivity index (χ0) is 20.1. The topological polar surface area (TPSA) is 116 Å². The first-order valence-electron chi connectivity index (χ1n) is 8.68. The average Bonchev–Trinajstić information content (AvgIpc) is 3.39. The highest BCUT2D eigenvalue weighted by Gasteiger charge is 2.14. The van der Waals surface area contributed by atoms with Gasteiger partial charge in [0.25, 0.3) is 11.1 Å². The zero-order valence-corrected chi connectivity index (χ0v) is 16.7. The average molecular weight is 432 g/mol. The summed E-state index contributed by atoms with van der Waals surface area (Å²) in [6.45, 7) is 0.944. The summed E-state index contributed by atoms with van der Waals surface area (Å²) >= 11 is 2.76. The van der Waals surface area contributed by atoms with E-state index >= 15 is 0 Å². The predicted molar refractivity (Wildman–Crippen MR) is 108 cm³/mol. The van der Waals surface area contributed by atoms with Crippen molar-refractivity contribution in [2.24, 2.45) is 0 Å². The number of rotatable bonds is 6. The van der Waals surface area contributed by atoms with Crippen molar-refractivity contribution in [2.45, 2.75) is 11.6 Å². The van der Waals surface area contributed by atoms with Crippen LogP contribution in [-0.2, 0) is 4.79 Å². The summed E-state index contributed by atoms with van der Waals surface area (Å²) < 4.78 is 16.4. The number of imide groups is 1. The second-order valence-corrected chi connectivity index (χ2v) is 7.80.